The topological polar surface area (TPSA) is 26.0 Å². The van der Waals surface area contributed by atoms with Gasteiger partial charge in [0.25, 0.3) is 0 Å². The molecule has 0 aromatic heterocycles. The van der Waals surface area contributed by atoms with Crippen molar-refractivity contribution < 1.29 is 0 Å². The van der Waals surface area contributed by atoms with Gasteiger partial charge in [0, 0.05) is 10.6 Å². The van der Waals surface area contributed by atoms with E-state index in [1.54, 1.807) is 0 Å². The van der Waals surface area contributed by atoms with Crippen molar-refractivity contribution in [2.75, 3.05) is 0 Å². The van der Waals surface area contributed by atoms with Gasteiger partial charge in [-0.2, -0.15) is 0 Å². The highest BCUT2D eigenvalue weighted by Gasteiger charge is 2.36. The van der Waals surface area contributed by atoms with Crippen molar-refractivity contribution in [3.8, 4) is 0 Å². The normalized spacial score (nSPS) is 28.4. The van der Waals surface area contributed by atoms with Gasteiger partial charge < -0.3 is 5.73 Å². The molecule has 0 atom stereocenters. The van der Waals surface area contributed by atoms with Crippen LogP contribution in [0.4, 0.5) is 0 Å². The second-order valence-electron chi connectivity index (χ2n) is 7.31. The van der Waals surface area contributed by atoms with Crippen LogP contribution in [0, 0.1) is 11.3 Å². The summed E-state index contributed by atoms with van der Waals surface area (Å²) in [5, 5.41) is 0.797. The van der Waals surface area contributed by atoms with Crippen molar-refractivity contribution in [2.45, 2.75) is 58.4 Å². The standard InChI is InChI=1S/C17H26ClN/c1-16(2,3)14-8-10-17(19,11-9-14)12-13-4-6-15(18)7-5-13/h4-7,14H,8-12,19H2,1-3H3. The smallest absolute Gasteiger partial charge is 0.0406 e. The van der Waals surface area contributed by atoms with Gasteiger partial charge in [-0.1, -0.05) is 44.5 Å². The Bertz CT molecular complexity index is 408. The number of rotatable bonds is 2. The summed E-state index contributed by atoms with van der Waals surface area (Å²) in [4.78, 5) is 0. The molecule has 1 aliphatic carbocycles. The molecule has 2 heteroatoms. The molecular formula is C17H26ClN. The first-order valence-electron chi connectivity index (χ1n) is 7.32. The SMILES string of the molecule is CC(C)(C)C1CCC(N)(Cc2ccc(Cl)cc2)CC1. The maximum absolute atomic E-state index is 6.60. The van der Waals surface area contributed by atoms with Gasteiger partial charge in [-0.05, 0) is 61.1 Å². The molecule has 0 heterocycles. The van der Waals surface area contributed by atoms with E-state index in [-0.39, 0.29) is 5.54 Å². The molecule has 2 rings (SSSR count). The molecule has 0 bridgehead atoms. The number of nitrogens with two attached hydrogens (primary N) is 1. The molecule has 0 spiro atoms. The molecule has 1 aromatic carbocycles. The largest absolute Gasteiger partial charge is 0.325 e. The van der Waals surface area contributed by atoms with Crippen molar-refractivity contribution in [1.82, 2.24) is 0 Å². The van der Waals surface area contributed by atoms with Crippen LogP contribution < -0.4 is 5.73 Å². The molecule has 0 amide bonds. The number of benzene rings is 1. The van der Waals surface area contributed by atoms with Gasteiger partial charge in [0.1, 0.15) is 0 Å². The fraction of sp³-hybridized carbons (Fsp3) is 0.647. The van der Waals surface area contributed by atoms with Crippen molar-refractivity contribution in [3.63, 3.8) is 0 Å². The van der Waals surface area contributed by atoms with Crippen LogP contribution in [-0.4, -0.2) is 5.54 Å². The Morgan fingerprint density at radius 3 is 2.16 bits per heavy atom. The lowest BCUT2D eigenvalue weighted by atomic mass is 9.66. The van der Waals surface area contributed by atoms with Crippen LogP contribution in [0.15, 0.2) is 24.3 Å². The highest BCUT2D eigenvalue weighted by atomic mass is 35.5. The highest BCUT2D eigenvalue weighted by Crippen LogP contribution is 2.41. The third-order valence-corrected chi connectivity index (χ3v) is 4.93. The first-order chi connectivity index (χ1) is 8.78. The Labute approximate surface area is 122 Å². The molecule has 1 aliphatic rings. The van der Waals surface area contributed by atoms with Gasteiger partial charge in [0.05, 0.1) is 0 Å². The summed E-state index contributed by atoms with van der Waals surface area (Å²) < 4.78 is 0. The Hall–Kier alpha value is -0.530. The quantitative estimate of drug-likeness (QED) is 0.825. The number of hydrogen-bond acceptors (Lipinski definition) is 1. The molecule has 1 nitrogen and oxygen atoms in total. The first kappa shape index (κ1) is 14.9. The van der Waals surface area contributed by atoms with Crippen LogP contribution in [0.5, 0.6) is 0 Å². The van der Waals surface area contributed by atoms with Crippen molar-refractivity contribution in [3.05, 3.63) is 34.9 Å². The van der Waals surface area contributed by atoms with Crippen molar-refractivity contribution in [2.24, 2.45) is 17.1 Å². The van der Waals surface area contributed by atoms with Crippen LogP contribution in [0.25, 0.3) is 0 Å². The van der Waals surface area contributed by atoms with Crippen LogP contribution in [0.3, 0.4) is 0 Å². The van der Waals surface area contributed by atoms with E-state index in [1.807, 2.05) is 12.1 Å². The van der Waals surface area contributed by atoms with Crippen LogP contribution in [0.2, 0.25) is 5.02 Å². The molecule has 0 aliphatic heterocycles. The zero-order valence-corrected chi connectivity index (χ0v) is 13.1. The fourth-order valence-corrected chi connectivity index (χ4v) is 3.37. The summed E-state index contributed by atoms with van der Waals surface area (Å²) in [6.07, 6.45) is 5.76. The second-order valence-corrected chi connectivity index (χ2v) is 7.74. The zero-order valence-electron chi connectivity index (χ0n) is 12.4. The van der Waals surface area contributed by atoms with E-state index in [2.05, 4.69) is 32.9 Å². The average molecular weight is 280 g/mol. The van der Waals surface area contributed by atoms with Gasteiger partial charge in [0.15, 0.2) is 0 Å². The Kier molecular flexibility index (Phi) is 4.27. The summed E-state index contributed by atoms with van der Waals surface area (Å²) >= 11 is 5.93. The molecule has 1 fully saturated rings. The van der Waals surface area contributed by atoms with Crippen molar-refractivity contribution in [1.29, 1.82) is 0 Å². The molecule has 1 saturated carbocycles. The van der Waals surface area contributed by atoms with E-state index in [9.17, 15) is 0 Å². The molecule has 0 radical (unpaired) electrons. The fourth-order valence-electron chi connectivity index (χ4n) is 3.24. The first-order valence-corrected chi connectivity index (χ1v) is 7.70. The van der Waals surface area contributed by atoms with Gasteiger partial charge in [-0.15, -0.1) is 0 Å². The minimum atomic E-state index is -0.0183. The lowest BCUT2D eigenvalue weighted by Crippen LogP contribution is -2.46. The summed E-state index contributed by atoms with van der Waals surface area (Å²) in [5.74, 6) is 0.814. The third kappa shape index (κ3) is 3.97. The van der Waals surface area contributed by atoms with E-state index in [4.69, 9.17) is 17.3 Å². The van der Waals surface area contributed by atoms with Gasteiger partial charge in [-0.3, -0.25) is 0 Å². The highest BCUT2D eigenvalue weighted by molar-refractivity contribution is 6.30. The predicted octanol–water partition coefficient (Wildman–Crippen LogP) is 4.82. The number of halogens is 1. The monoisotopic (exact) mass is 279 g/mol. The van der Waals surface area contributed by atoms with Crippen LogP contribution >= 0.6 is 11.6 Å². The lowest BCUT2D eigenvalue weighted by Gasteiger charge is -2.42. The van der Waals surface area contributed by atoms with Crippen molar-refractivity contribution >= 4 is 11.6 Å². The summed E-state index contributed by atoms with van der Waals surface area (Å²) in [6.45, 7) is 7.04. The Balaban J connectivity index is 1.96. The van der Waals surface area contributed by atoms with Gasteiger partial charge in [-0.25, -0.2) is 0 Å². The average Bonchev–Trinajstić information content (AvgIpc) is 2.31. The van der Waals surface area contributed by atoms with E-state index in [0.29, 0.717) is 5.41 Å². The van der Waals surface area contributed by atoms with Crippen LogP contribution in [-0.2, 0) is 6.42 Å². The summed E-state index contributed by atoms with van der Waals surface area (Å²) in [6, 6.07) is 8.13. The zero-order chi connectivity index (χ0) is 14.1. The van der Waals surface area contributed by atoms with Gasteiger partial charge in [0.2, 0.25) is 0 Å². The Morgan fingerprint density at radius 1 is 1.16 bits per heavy atom. The summed E-state index contributed by atoms with van der Waals surface area (Å²) in [7, 11) is 0. The van der Waals surface area contributed by atoms with E-state index >= 15 is 0 Å². The lowest BCUT2D eigenvalue weighted by molar-refractivity contribution is 0.134. The minimum absolute atomic E-state index is 0.0183. The maximum atomic E-state index is 6.60. The third-order valence-electron chi connectivity index (χ3n) is 4.68. The molecule has 0 unspecified atom stereocenters. The minimum Gasteiger partial charge on any atom is -0.325 e. The molecular weight excluding hydrogens is 254 g/mol. The summed E-state index contributed by atoms with van der Waals surface area (Å²) in [5.41, 5.74) is 8.31. The van der Waals surface area contributed by atoms with Gasteiger partial charge >= 0.3 is 0 Å². The molecule has 1 aromatic rings. The van der Waals surface area contributed by atoms with E-state index < -0.39 is 0 Å². The molecule has 19 heavy (non-hydrogen) atoms. The van der Waals surface area contributed by atoms with E-state index in [1.165, 1.54) is 18.4 Å². The second kappa shape index (κ2) is 5.46. The Morgan fingerprint density at radius 2 is 1.68 bits per heavy atom. The van der Waals surface area contributed by atoms with Crippen LogP contribution in [0.1, 0.15) is 52.0 Å². The molecule has 2 N–H and O–H groups in total. The maximum Gasteiger partial charge on any atom is 0.0406 e. The number of hydrogen-bond donors (Lipinski definition) is 1. The molecule has 106 valence electrons. The molecule has 0 saturated heterocycles. The predicted molar refractivity (Wildman–Crippen MR) is 83.5 cm³/mol. The van der Waals surface area contributed by atoms with E-state index in [0.717, 1.165) is 30.2 Å².